The predicted octanol–water partition coefficient (Wildman–Crippen LogP) is 0.679. The van der Waals surface area contributed by atoms with Gasteiger partial charge in [0.25, 0.3) is 0 Å². The first-order valence-electron chi connectivity index (χ1n) is 4.10. The Bertz CT molecular complexity index is 350. The molecule has 0 aromatic carbocycles. The second kappa shape index (κ2) is 2.94. The first-order chi connectivity index (χ1) is 6.29. The highest BCUT2D eigenvalue weighted by molar-refractivity contribution is 5.83. The van der Waals surface area contributed by atoms with Gasteiger partial charge in [-0.15, -0.1) is 0 Å². The van der Waals surface area contributed by atoms with E-state index in [1.54, 1.807) is 6.08 Å². The zero-order valence-corrected chi connectivity index (χ0v) is 7.05. The molecule has 0 fully saturated rings. The number of fused-ring (bicyclic) bond motifs is 1. The first kappa shape index (κ1) is 7.86. The monoisotopic (exact) mass is 174 g/mol. The summed E-state index contributed by atoms with van der Waals surface area (Å²) in [5, 5.41) is 0. The zero-order chi connectivity index (χ0) is 9.26. The van der Waals surface area contributed by atoms with Crippen LogP contribution >= 0.6 is 0 Å². The number of carbonyl (C=O) groups is 1. The third kappa shape index (κ3) is 1.28. The Labute approximate surface area is 76.5 Å². The minimum Gasteiger partial charge on any atom is -0.368 e. The minimum atomic E-state index is -0.331. The number of nitrogens with zero attached hydrogens (tertiary/aromatic N) is 1. The van der Waals surface area contributed by atoms with E-state index in [0.29, 0.717) is 0 Å². The molecular formula is C10H10N2O. The zero-order valence-electron chi connectivity index (χ0n) is 7.05. The van der Waals surface area contributed by atoms with Crippen LogP contribution in [0.3, 0.4) is 0 Å². The minimum absolute atomic E-state index is 0.328. The van der Waals surface area contributed by atoms with Gasteiger partial charge < -0.3 is 10.6 Å². The molecule has 2 aliphatic rings. The van der Waals surface area contributed by atoms with E-state index in [9.17, 15) is 4.79 Å². The molecule has 0 saturated carbocycles. The summed E-state index contributed by atoms with van der Waals surface area (Å²) in [5.41, 5.74) is 6.24. The molecule has 0 aliphatic carbocycles. The van der Waals surface area contributed by atoms with E-state index in [-0.39, 0.29) is 11.9 Å². The summed E-state index contributed by atoms with van der Waals surface area (Å²) in [7, 11) is 0. The van der Waals surface area contributed by atoms with Crippen LogP contribution in [0.5, 0.6) is 0 Å². The molecule has 1 amide bonds. The predicted molar refractivity (Wildman–Crippen MR) is 50.3 cm³/mol. The fraction of sp³-hybridized carbons (Fsp3) is 0.100. The Morgan fingerprint density at radius 3 is 3.00 bits per heavy atom. The van der Waals surface area contributed by atoms with E-state index in [0.717, 1.165) is 5.70 Å². The molecule has 0 saturated heterocycles. The maximum absolute atomic E-state index is 11.0. The van der Waals surface area contributed by atoms with E-state index < -0.39 is 0 Å². The van der Waals surface area contributed by atoms with Crippen LogP contribution in [0.25, 0.3) is 0 Å². The molecule has 2 heterocycles. The highest BCUT2D eigenvalue weighted by atomic mass is 16.1. The van der Waals surface area contributed by atoms with Gasteiger partial charge in [0.15, 0.2) is 0 Å². The molecule has 2 aliphatic heterocycles. The number of hydrogen-bond acceptors (Lipinski definition) is 2. The SMILES string of the molecule is NC(=O)C1C=CC2=CC=CC=CN21. The highest BCUT2D eigenvalue weighted by Gasteiger charge is 2.25. The topological polar surface area (TPSA) is 46.3 Å². The maximum Gasteiger partial charge on any atom is 0.244 e. The lowest BCUT2D eigenvalue weighted by Gasteiger charge is -2.20. The summed E-state index contributed by atoms with van der Waals surface area (Å²) in [6.07, 6.45) is 13.2. The van der Waals surface area contributed by atoms with E-state index in [1.165, 1.54) is 0 Å². The molecule has 3 nitrogen and oxygen atoms in total. The summed E-state index contributed by atoms with van der Waals surface area (Å²) < 4.78 is 0. The lowest BCUT2D eigenvalue weighted by Crippen LogP contribution is -2.36. The molecule has 0 bridgehead atoms. The average molecular weight is 174 g/mol. The second-order valence-electron chi connectivity index (χ2n) is 2.93. The van der Waals surface area contributed by atoms with Crippen molar-refractivity contribution in [1.82, 2.24) is 4.90 Å². The molecule has 66 valence electrons. The van der Waals surface area contributed by atoms with Crippen LogP contribution in [-0.4, -0.2) is 16.8 Å². The fourth-order valence-corrected chi connectivity index (χ4v) is 1.44. The molecule has 0 aromatic heterocycles. The molecular weight excluding hydrogens is 164 g/mol. The normalized spacial score (nSPS) is 24.2. The lowest BCUT2D eigenvalue weighted by molar-refractivity contribution is -0.120. The number of primary amides is 1. The number of rotatable bonds is 1. The van der Waals surface area contributed by atoms with Gasteiger partial charge in [-0.25, -0.2) is 0 Å². The van der Waals surface area contributed by atoms with E-state index in [2.05, 4.69) is 0 Å². The summed E-state index contributed by atoms with van der Waals surface area (Å²) in [6, 6.07) is -0.331. The van der Waals surface area contributed by atoms with Gasteiger partial charge in [0.2, 0.25) is 5.91 Å². The van der Waals surface area contributed by atoms with Gasteiger partial charge >= 0.3 is 0 Å². The van der Waals surface area contributed by atoms with Gasteiger partial charge in [-0.1, -0.05) is 18.2 Å². The van der Waals surface area contributed by atoms with Gasteiger partial charge in [0, 0.05) is 11.9 Å². The molecule has 0 aromatic rings. The summed E-state index contributed by atoms with van der Waals surface area (Å²) in [4.78, 5) is 12.9. The van der Waals surface area contributed by atoms with Crippen molar-refractivity contribution in [2.45, 2.75) is 6.04 Å². The van der Waals surface area contributed by atoms with Gasteiger partial charge in [-0.3, -0.25) is 4.79 Å². The molecule has 1 unspecified atom stereocenters. The first-order valence-corrected chi connectivity index (χ1v) is 4.10. The van der Waals surface area contributed by atoms with Crippen LogP contribution < -0.4 is 5.73 Å². The largest absolute Gasteiger partial charge is 0.368 e. The highest BCUT2D eigenvalue weighted by Crippen LogP contribution is 2.21. The number of hydrogen-bond donors (Lipinski definition) is 1. The van der Waals surface area contributed by atoms with Gasteiger partial charge in [-0.2, -0.15) is 0 Å². The van der Waals surface area contributed by atoms with Crippen molar-refractivity contribution in [2.24, 2.45) is 5.73 Å². The van der Waals surface area contributed by atoms with Crippen LogP contribution in [0.2, 0.25) is 0 Å². The quantitative estimate of drug-likeness (QED) is 0.635. The standard InChI is InChI=1S/C10H10N2O/c11-10(13)9-6-5-8-4-2-1-3-7-12(8)9/h1-7,9H,(H2,11,13). The van der Waals surface area contributed by atoms with E-state index in [4.69, 9.17) is 5.73 Å². The number of amides is 1. The Balaban J connectivity index is 2.33. The van der Waals surface area contributed by atoms with Crippen molar-refractivity contribution in [3.05, 3.63) is 48.4 Å². The van der Waals surface area contributed by atoms with Crippen LogP contribution in [0.4, 0.5) is 0 Å². The molecule has 0 radical (unpaired) electrons. The van der Waals surface area contributed by atoms with E-state index in [1.807, 2.05) is 41.5 Å². The van der Waals surface area contributed by atoms with Crippen LogP contribution in [0.15, 0.2) is 48.4 Å². The third-order valence-corrected chi connectivity index (χ3v) is 2.07. The molecule has 0 spiro atoms. The number of allylic oxidation sites excluding steroid dienone is 5. The van der Waals surface area contributed by atoms with Crippen LogP contribution in [0.1, 0.15) is 0 Å². The van der Waals surface area contributed by atoms with Crippen molar-refractivity contribution >= 4 is 5.91 Å². The van der Waals surface area contributed by atoms with Gasteiger partial charge in [-0.05, 0) is 18.2 Å². The summed E-state index contributed by atoms with van der Waals surface area (Å²) >= 11 is 0. The molecule has 1 atom stereocenters. The van der Waals surface area contributed by atoms with Crippen molar-refractivity contribution in [3.63, 3.8) is 0 Å². The van der Waals surface area contributed by atoms with E-state index >= 15 is 0 Å². The Kier molecular flexibility index (Phi) is 1.77. The van der Waals surface area contributed by atoms with Crippen molar-refractivity contribution in [1.29, 1.82) is 0 Å². The molecule has 2 N–H and O–H groups in total. The summed E-state index contributed by atoms with van der Waals surface area (Å²) in [6.45, 7) is 0. The molecule has 2 rings (SSSR count). The molecule has 13 heavy (non-hydrogen) atoms. The van der Waals surface area contributed by atoms with Gasteiger partial charge in [0.1, 0.15) is 6.04 Å². The molecule has 3 heteroatoms. The second-order valence-corrected chi connectivity index (χ2v) is 2.93. The van der Waals surface area contributed by atoms with Crippen molar-refractivity contribution < 1.29 is 4.79 Å². The van der Waals surface area contributed by atoms with Crippen LogP contribution in [-0.2, 0) is 4.79 Å². The maximum atomic E-state index is 11.0. The Morgan fingerprint density at radius 2 is 2.23 bits per heavy atom. The Morgan fingerprint density at radius 1 is 1.38 bits per heavy atom. The lowest BCUT2D eigenvalue weighted by atomic mass is 10.3. The number of nitrogens with two attached hydrogens (primary N) is 1. The van der Waals surface area contributed by atoms with Gasteiger partial charge in [0.05, 0.1) is 0 Å². The summed E-state index contributed by atoms with van der Waals surface area (Å²) in [5.74, 6) is -0.328. The fourth-order valence-electron chi connectivity index (χ4n) is 1.44. The van der Waals surface area contributed by atoms with Crippen molar-refractivity contribution in [2.75, 3.05) is 0 Å². The van der Waals surface area contributed by atoms with Crippen molar-refractivity contribution in [3.8, 4) is 0 Å². The Hall–Kier alpha value is -1.77. The average Bonchev–Trinajstić information content (AvgIpc) is 2.36. The smallest absolute Gasteiger partial charge is 0.244 e. The number of carbonyl (C=O) groups excluding carboxylic acids is 1. The third-order valence-electron chi connectivity index (χ3n) is 2.07. The van der Waals surface area contributed by atoms with Crippen LogP contribution in [0, 0.1) is 0 Å².